The van der Waals surface area contributed by atoms with Crippen molar-refractivity contribution in [3.05, 3.63) is 18.2 Å². The lowest BCUT2D eigenvalue weighted by Crippen LogP contribution is -2.26. The van der Waals surface area contributed by atoms with Gasteiger partial charge in [0, 0.05) is 11.7 Å². The number of nitrogens with two attached hydrogens (primary N) is 1. The van der Waals surface area contributed by atoms with Crippen LogP contribution in [-0.4, -0.2) is 11.0 Å². The molecule has 1 fully saturated rings. The van der Waals surface area contributed by atoms with E-state index in [1.165, 1.54) is 19.3 Å². The summed E-state index contributed by atoms with van der Waals surface area (Å²) in [6.45, 7) is 0. The van der Waals surface area contributed by atoms with Gasteiger partial charge in [0.2, 0.25) is 0 Å². The molecule has 0 bridgehead atoms. The van der Waals surface area contributed by atoms with Crippen molar-refractivity contribution in [2.75, 3.05) is 11.1 Å². The van der Waals surface area contributed by atoms with Crippen molar-refractivity contribution >= 4 is 32.4 Å². The summed E-state index contributed by atoms with van der Waals surface area (Å²) in [6.07, 6.45) is 3.89. The van der Waals surface area contributed by atoms with Gasteiger partial charge in [0.05, 0.1) is 10.2 Å². The molecule has 3 N–H and O–H groups in total. The van der Waals surface area contributed by atoms with Crippen LogP contribution in [0.1, 0.15) is 19.3 Å². The van der Waals surface area contributed by atoms with E-state index in [4.69, 9.17) is 5.73 Å². The highest BCUT2D eigenvalue weighted by Gasteiger charge is 2.18. The van der Waals surface area contributed by atoms with E-state index in [9.17, 15) is 0 Å². The molecule has 1 aliphatic carbocycles. The molecular formula is C11H13N3S. The minimum atomic E-state index is 0.642. The smallest absolute Gasteiger partial charge is 0.184 e. The van der Waals surface area contributed by atoms with Crippen LogP contribution in [-0.2, 0) is 0 Å². The zero-order valence-electron chi connectivity index (χ0n) is 8.36. The number of thiazole rings is 1. The quantitative estimate of drug-likeness (QED) is 0.764. The van der Waals surface area contributed by atoms with E-state index in [1.807, 2.05) is 18.2 Å². The molecule has 0 radical (unpaired) electrons. The molecule has 1 aliphatic rings. The average Bonchev–Trinajstić information content (AvgIpc) is 2.53. The molecule has 1 aromatic carbocycles. The van der Waals surface area contributed by atoms with Crippen molar-refractivity contribution in [3.63, 3.8) is 0 Å². The maximum atomic E-state index is 5.73. The first-order valence-corrected chi connectivity index (χ1v) is 6.05. The fourth-order valence-electron chi connectivity index (χ4n) is 1.73. The Morgan fingerprint density at radius 2 is 2.27 bits per heavy atom. The lowest BCUT2D eigenvalue weighted by molar-refractivity contribution is 0.445. The maximum Gasteiger partial charge on any atom is 0.184 e. The van der Waals surface area contributed by atoms with Crippen LogP contribution < -0.4 is 11.1 Å². The van der Waals surface area contributed by atoms with Crippen LogP contribution >= 0.6 is 11.3 Å². The Labute approximate surface area is 92.3 Å². The normalized spacial score (nSPS) is 16.5. The first-order valence-electron chi connectivity index (χ1n) is 5.24. The summed E-state index contributed by atoms with van der Waals surface area (Å²) in [5.74, 6) is 0. The van der Waals surface area contributed by atoms with Crippen molar-refractivity contribution in [1.82, 2.24) is 4.98 Å². The molecule has 4 heteroatoms. The summed E-state index contributed by atoms with van der Waals surface area (Å²) in [5.41, 5.74) is 7.57. The number of nitrogens with one attached hydrogen (secondary N) is 1. The maximum absolute atomic E-state index is 5.73. The van der Waals surface area contributed by atoms with Crippen LogP contribution in [0.4, 0.5) is 10.8 Å². The molecule has 3 nitrogen and oxygen atoms in total. The monoisotopic (exact) mass is 219 g/mol. The average molecular weight is 219 g/mol. The van der Waals surface area contributed by atoms with Crippen molar-refractivity contribution in [3.8, 4) is 0 Å². The van der Waals surface area contributed by atoms with Crippen LogP contribution in [0.3, 0.4) is 0 Å². The molecule has 0 atom stereocenters. The fourth-order valence-corrected chi connectivity index (χ4v) is 2.72. The summed E-state index contributed by atoms with van der Waals surface area (Å²) in [5, 5.41) is 4.48. The van der Waals surface area contributed by atoms with Crippen molar-refractivity contribution in [2.45, 2.75) is 25.3 Å². The molecule has 2 aromatic rings. The van der Waals surface area contributed by atoms with Gasteiger partial charge in [-0.2, -0.15) is 0 Å². The number of anilines is 2. The molecule has 1 aromatic heterocycles. The van der Waals surface area contributed by atoms with Crippen LogP contribution in [0.15, 0.2) is 18.2 Å². The van der Waals surface area contributed by atoms with Gasteiger partial charge in [0.1, 0.15) is 0 Å². The van der Waals surface area contributed by atoms with Crippen LogP contribution in [0, 0.1) is 0 Å². The van der Waals surface area contributed by atoms with Crippen molar-refractivity contribution < 1.29 is 0 Å². The molecule has 1 saturated carbocycles. The second kappa shape index (κ2) is 3.38. The SMILES string of the molecule is Nc1ccc2nc(NC3CCC3)sc2c1. The van der Waals surface area contributed by atoms with Gasteiger partial charge >= 0.3 is 0 Å². The first-order chi connectivity index (χ1) is 7.31. The molecule has 0 unspecified atom stereocenters. The Kier molecular flexibility index (Phi) is 2.02. The summed E-state index contributed by atoms with van der Waals surface area (Å²) >= 11 is 1.69. The largest absolute Gasteiger partial charge is 0.399 e. The van der Waals surface area contributed by atoms with Gasteiger partial charge in [-0.15, -0.1) is 0 Å². The van der Waals surface area contributed by atoms with Crippen LogP contribution in [0.25, 0.3) is 10.2 Å². The summed E-state index contributed by atoms with van der Waals surface area (Å²) in [7, 11) is 0. The number of nitrogens with zero attached hydrogens (tertiary/aromatic N) is 1. The molecule has 0 amide bonds. The highest BCUT2D eigenvalue weighted by molar-refractivity contribution is 7.22. The Bertz CT molecular complexity index is 488. The van der Waals surface area contributed by atoms with E-state index < -0.39 is 0 Å². The Hall–Kier alpha value is -1.29. The number of rotatable bonds is 2. The van der Waals surface area contributed by atoms with E-state index in [-0.39, 0.29) is 0 Å². The van der Waals surface area contributed by atoms with Crippen LogP contribution in [0.2, 0.25) is 0 Å². The molecule has 0 aliphatic heterocycles. The number of fused-ring (bicyclic) bond motifs is 1. The Morgan fingerprint density at radius 3 is 3.00 bits per heavy atom. The third kappa shape index (κ3) is 1.65. The van der Waals surface area contributed by atoms with Crippen LogP contribution in [0.5, 0.6) is 0 Å². The van der Waals surface area contributed by atoms with E-state index in [2.05, 4.69) is 10.3 Å². The molecule has 0 spiro atoms. The topological polar surface area (TPSA) is 50.9 Å². The number of aromatic nitrogens is 1. The second-order valence-electron chi connectivity index (χ2n) is 4.02. The van der Waals surface area contributed by atoms with Crippen molar-refractivity contribution in [1.29, 1.82) is 0 Å². The molecule has 1 heterocycles. The van der Waals surface area contributed by atoms with Gasteiger partial charge in [-0.3, -0.25) is 0 Å². The fraction of sp³-hybridized carbons (Fsp3) is 0.364. The molecule has 0 saturated heterocycles. The standard InChI is InChI=1S/C11H13N3S/c12-7-4-5-9-10(6-7)15-11(14-9)13-8-2-1-3-8/h4-6,8H,1-3,12H2,(H,13,14). The van der Waals surface area contributed by atoms with Gasteiger partial charge in [-0.05, 0) is 37.5 Å². The lowest BCUT2D eigenvalue weighted by Gasteiger charge is -2.25. The third-order valence-electron chi connectivity index (χ3n) is 2.85. The molecule has 3 rings (SSSR count). The predicted molar refractivity (Wildman–Crippen MR) is 65.3 cm³/mol. The number of hydrogen-bond donors (Lipinski definition) is 2. The summed E-state index contributed by atoms with van der Waals surface area (Å²) in [4.78, 5) is 4.53. The van der Waals surface area contributed by atoms with E-state index in [1.54, 1.807) is 11.3 Å². The van der Waals surface area contributed by atoms with Gasteiger partial charge in [-0.25, -0.2) is 4.98 Å². The van der Waals surface area contributed by atoms with Gasteiger partial charge in [-0.1, -0.05) is 11.3 Å². The minimum absolute atomic E-state index is 0.642. The highest BCUT2D eigenvalue weighted by Crippen LogP contribution is 2.30. The molecule has 15 heavy (non-hydrogen) atoms. The van der Waals surface area contributed by atoms with Gasteiger partial charge in [0.25, 0.3) is 0 Å². The lowest BCUT2D eigenvalue weighted by atomic mass is 9.93. The van der Waals surface area contributed by atoms with E-state index in [0.29, 0.717) is 6.04 Å². The van der Waals surface area contributed by atoms with E-state index >= 15 is 0 Å². The minimum Gasteiger partial charge on any atom is -0.399 e. The summed E-state index contributed by atoms with van der Waals surface area (Å²) < 4.78 is 1.16. The Balaban J connectivity index is 1.91. The zero-order chi connectivity index (χ0) is 10.3. The van der Waals surface area contributed by atoms with Crippen molar-refractivity contribution in [2.24, 2.45) is 0 Å². The van der Waals surface area contributed by atoms with Gasteiger partial charge in [0.15, 0.2) is 5.13 Å². The number of hydrogen-bond acceptors (Lipinski definition) is 4. The first kappa shape index (κ1) is 8.97. The Morgan fingerprint density at radius 1 is 1.40 bits per heavy atom. The predicted octanol–water partition coefficient (Wildman–Crippen LogP) is 2.84. The zero-order valence-corrected chi connectivity index (χ0v) is 9.18. The number of nitrogen functional groups attached to an aromatic ring is 1. The third-order valence-corrected chi connectivity index (χ3v) is 3.79. The second-order valence-corrected chi connectivity index (χ2v) is 5.05. The van der Waals surface area contributed by atoms with Gasteiger partial charge < -0.3 is 11.1 Å². The molecule has 78 valence electrons. The number of benzene rings is 1. The van der Waals surface area contributed by atoms with E-state index in [0.717, 1.165) is 21.0 Å². The molecular weight excluding hydrogens is 206 g/mol. The highest BCUT2D eigenvalue weighted by atomic mass is 32.1. The summed E-state index contributed by atoms with van der Waals surface area (Å²) in [6, 6.07) is 6.50.